The maximum Gasteiger partial charge on any atom is 0.501 e. The molecule has 1 unspecified atom stereocenters. The highest BCUT2D eigenvalue weighted by Crippen LogP contribution is 2.23. The van der Waals surface area contributed by atoms with Gasteiger partial charge >= 0.3 is 11.9 Å². The van der Waals surface area contributed by atoms with Crippen LogP contribution in [0, 0.1) is 12.8 Å². The van der Waals surface area contributed by atoms with Gasteiger partial charge in [0.15, 0.2) is 6.54 Å². The molecule has 3 amide bonds. The first kappa shape index (κ1) is 17.8. The quantitative estimate of drug-likeness (QED) is 0.593. The highest BCUT2D eigenvalue weighted by Gasteiger charge is 2.46. The number of carbonyl (C=O) groups is 2. The van der Waals surface area contributed by atoms with Crippen LogP contribution in [0.1, 0.15) is 11.5 Å². The minimum atomic E-state index is -0.513. The molecule has 0 bridgehead atoms. The van der Waals surface area contributed by atoms with Crippen molar-refractivity contribution in [3.63, 3.8) is 0 Å². The number of allylic oxidation sites excluding steroid dienone is 3. The van der Waals surface area contributed by atoms with Crippen molar-refractivity contribution in [1.29, 1.82) is 0 Å². The topological polar surface area (TPSA) is 79.3 Å². The van der Waals surface area contributed by atoms with Crippen molar-refractivity contribution in [2.24, 2.45) is 5.92 Å². The summed E-state index contributed by atoms with van der Waals surface area (Å²) in [4.78, 5) is 31.2. The fourth-order valence-electron chi connectivity index (χ4n) is 3.36. The third kappa shape index (κ3) is 3.00. The Balaban J connectivity index is 1.70. The molecule has 1 aromatic carbocycles. The molecule has 2 aliphatic rings. The van der Waals surface area contributed by atoms with Crippen LogP contribution in [-0.4, -0.2) is 43.8 Å². The second kappa shape index (κ2) is 7.19. The summed E-state index contributed by atoms with van der Waals surface area (Å²) >= 11 is 0. The van der Waals surface area contributed by atoms with Crippen LogP contribution in [0.3, 0.4) is 0 Å². The predicted octanol–water partition coefficient (Wildman–Crippen LogP) is 2.89. The summed E-state index contributed by atoms with van der Waals surface area (Å²) in [6, 6.07) is 7.31. The lowest BCUT2D eigenvalue weighted by Crippen LogP contribution is -2.54. The van der Waals surface area contributed by atoms with E-state index >= 15 is 0 Å². The lowest BCUT2D eigenvalue weighted by Gasteiger charge is -2.25. The Bertz CT molecular complexity index is 1060. The predicted molar refractivity (Wildman–Crippen MR) is 103 cm³/mol. The van der Waals surface area contributed by atoms with Crippen molar-refractivity contribution < 1.29 is 18.7 Å². The van der Waals surface area contributed by atoms with Crippen molar-refractivity contribution in [3.05, 3.63) is 72.7 Å². The van der Waals surface area contributed by atoms with Crippen LogP contribution in [0.25, 0.3) is 11.4 Å². The van der Waals surface area contributed by atoms with Crippen LogP contribution >= 0.6 is 0 Å². The van der Waals surface area contributed by atoms with E-state index in [1.807, 2.05) is 31.2 Å². The minimum absolute atomic E-state index is 0.0860. The summed E-state index contributed by atoms with van der Waals surface area (Å²) in [7, 11) is 0. The van der Waals surface area contributed by atoms with Gasteiger partial charge in [-0.1, -0.05) is 60.3 Å². The summed E-state index contributed by atoms with van der Waals surface area (Å²) in [5.74, 6) is -0.00443. The van der Waals surface area contributed by atoms with Crippen LogP contribution in [0.2, 0.25) is 0 Å². The summed E-state index contributed by atoms with van der Waals surface area (Å²) in [5.41, 5.74) is 2.51. The summed E-state index contributed by atoms with van der Waals surface area (Å²) in [6.07, 6.45) is 8.68. The van der Waals surface area contributed by atoms with Gasteiger partial charge in [-0.15, -0.1) is 0 Å². The minimum Gasteiger partial charge on any atom is -0.335 e. The van der Waals surface area contributed by atoms with E-state index in [2.05, 4.69) is 16.7 Å². The van der Waals surface area contributed by atoms with Gasteiger partial charge in [0.2, 0.25) is 5.82 Å². The molecule has 7 heteroatoms. The molecular weight excluding hydrogens is 356 g/mol. The summed E-state index contributed by atoms with van der Waals surface area (Å²) < 4.78 is 6.90. The number of fused-ring (bicyclic) bond motifs is 1. The standard InChI is InChI=1S/C21H19N4O3/c1-3-12-24-20(26)16-10-6-7-11-17(16)25(21(24)27)13-18-22-19(23-28-18)15-9-5-4-8-14(15)2/h3-11,16H,1,12-13H2,2H3/q+1. The fourth-order valence-corrected chi connectivity index (χ4v) is 3.36. The zero-order chi connectivity index (χ0) is 19.7. The second-order valence-electron chi connectivity index (χ2n) is 6.58. The van der Waals surface area contributed by atoms with Gasteiger partial charge in [0, 0.05) is 5.56 Å². The van der Waals surface area contributed by atoms with E-state index in [0.29, 0.717) is 17.4 Å². The smallest absolute Gasteiger partial charge is 0.335 e. The average molecular weight is 375 g/mol. The normalized spacial score (nSPS) is 18.6. The van der Waals surface area contributed by atoms with Crippen molar-refractivity contribution >= 4 is 17.6 Å². The maximum atomic E-state index is 12.9. The molecule has 1 atom stereocenters. The molecule has 0 spiro atoms. The lowest BCUT2D eigenvalue weighted by molar-refractivity contribution is -0.459. The Kier molecular flexibility index (Phi) is 4.57. The highest BCUT2D eigenvalue weighted by molar-refractivity contribution is 6.16. The molecule has 28 heavy (non-hydrogen) atoms. The SMILES string of the molecule is C=CCN1C(=O)C2C=CC=CC2=[N+](Cc2nc(-c3ccccc3C)no2)C1=O. The van der Waals surface area contributed by atoms with E-state index in [4.69, 9.17) is 4.52 Å². The first-order valence-electron chi connectivity index (χ1n) is 8.94. The summed E-state index contributed by atoms with van der Waals surface area (Å²) in [6.45, 7) is 5.84. The Morgan fingerprint density at radius 1 is 1.29 bits per heavy atom. The Morgan fingerprint density at radius 3 is 2.89 bits per heavy atom. The molecule has 7 nitrogen and oxygen atoms in total. The molecule has 0 radical (unpaired) electrons. The molecule has 0 N–H and O–H groups in total. The monoisotopic (exact) mass is 375 g/mol. The van der Waals surface area contributed by atoms with Crippen molar-refractivity contribution in [2.45, 2.75) is 13.5 Å². The average Bonchev–Trinajstić information content (AvgIpc) is 3.17. The molecule has 0 fully saturated rings. The van der Waals surface area contributed by atoms with E-state index in [1.165, 1.54) is 15.6 Å². The third-order valence-electron chi connectivity index (χ3n) is 4.76. The van der Waals surface area contributed by atoms with Crippen LogP contribution in [0.5, 0.6) is 0 Å². The van der Waals surface area contributed by atoms with Gasteiger partial charge in [0.05, 0.1) is 0 Å². The van der Waals surface area contributed by atoms with Crippen molar-refractivity contribution in [3.8, 4) is 11.4 Å². The fraction of sp³-hybridized carbons (Fsp3) is 0.190. The molecule has 0 saturated heterocycles. The number of aromatic nitrogens is 2. The number of rotatable bonds is 5. The number of amides is 3. The number of imide groups is 1. The van der Waals surface area contributed by atoms with Gasteiger partial charge in [-0.25, -0.2) is 4.79 Å². The van der Waals surface area contributed by atoms with Gasteiger partial charge in [-0.3, -0.25) is 0 Å². The number of urea groups is 1. The zero-order valence-corrected chi connectivity index (χ0v) is 15.4. The molecule has 4 rings (SSSR count). The van der Waals surface area contributed by atoms with E-state index in [0.717, 1.165) is 11.1 Å². The number of carbonyl (C=O) groups excluding carboxylic acids is 2. The van der Waals surface area contributed by atoms with Crippen LogP contribution < -0.4 is 0 Å². The van der Waals surface area contributed by atoms with Crippen molar-refractivity contribution in [2.75, 3.05) is 6.54 Å². The highest BCUT2D eigenvalue weighted by atomic mass is 16.5. The number of aryl methyl sites for hydroxylation is 1. The summed E-state index contributed by atoms with van der Waals surface area (Å²) in [5, 5.41) is 4.05. The van der Waals surface area contributed by atoms with Crippen LogP contribution in [0.4, 0.5) is 4.79 Å². The second-order valence-corrected chi connectivity index (χ2v) is 6.58. The molecule has 0 saturated carbocycles. The molecular formula is C21H19N4O3+. The zero-order valence-electron chi connectivity index (χ0n) is 15.4. The van der Waals surface area contributed by atoms with Gasteiger partial charge < -0.3 is 4.52 Å². The Hall–Kier alpha value is -3.61. The number of hydrogen-bond donors (Lipinski definition) is 0. The Morgan fingerprint density at radius 2 is 2.11 bits per heavy atom. The first-order chi connectivity index (χ1) is 13.6. The lowest BCUT2D eigenvalue weighted by atomic mass is 9.94. The molecule has 2 aromatic rings. The number of benzene rings is 1. The van der Waals surface area contributed by atoms with E-state index in [-0.39, 0.29) is 19.0 Å². The van der Waals surface area contributed by atoms with Crippen molar-refractivity contribution in [1.82, 2.24) is 15.0 Å². The van der Waals surface area contributed by atoms with Crippen LogP contribution in [0.15, 0.2) is 65.7 Å². The molecule has 140 valence electrons. The van der Waals surface area contributed by atoms with E-state index in [9.17, 15) is 9.59 Å². The van der Waals surface area contributed by atoms with E-state index in [1.54, 1.807) is 24.3 Å². The maximum absolute atomic E-state index is 12.9. The van der Waals surface area contributed by atoms with Gasteiger partial charge in [-0.05, 0) is 18.6 Å². The molecule has 2 heterocycles. The first-order valence-corrected chi connectivity index (χ1v) is 8.94. The third-order valence-corrected chi connectivity index (χ3v) is 4.76. The van der Waals surface area contributed by atoms with E-state index < -0.39 is 11.9 Å². The van der Waals surface area contributed by atoms with Gasteiger partial charge in [0.25, 0.3) is 5.89 Å². The number of nitrogens with zero attached hydrogens (tertiary/aromatic N) is 4. The van der Waals surface area contributed by atoms with Crippen LogP contribution in [-0.2, 0) is 11.3 Å². The van der Waals surface area contributed by atoms with Gasteiger partial charge in [-0.2, -0.15) is 19.3 Å². The largest absolute Gasteiger partial charge is 0.501 e. The molecule has 1 aliphatic carbocycles. The van der Waals surface area contributed by atoms with Gasteiger partial charge in [0.1, 0.15) is 18.2 Å². The molecule has 1 aliphatic heterocycles. The molecule has 1 aromatic heterocycles. The number of hydrogen-bond acceptors (Lipinski definition) is 5. The Labute approximate surface area is 162 Å².